The second kappa shape index (κ2) is 7.90. The maximum atomic E-state index is 15.8. The molecular weight excluding hydrogens is 431 g/mol. The lowest BCUT2D eigenvalue weighted by Crippen LogP contribution is -2.30. The molecule has 0 N–H and O–H groups in total. The van der Waals surface area contributed by atoms with Gasteiger partial charge in [-0.3, -0.25) is 4.98 Å². The maximum absolute atomic E-state index is 15.8. The fourth-order valence-electron chi connectivity index (χ4n) is 4.56. The minimum absolute atomic E-state index is 0.142. The monoisotopic (exact) mass is 455 g/mol. The molecule has 172 valence electrons. The number of hydrogen-bond donors (Lipinski definition) is 0. The molecule has 0 saturated heterocycles. The molecule has 6 nitrogen and oxygen atoms in total. The van der Waals surface area contributed by atoms with Crippen molar-refractivity contribution in [2.45, 2.75) is 58.8 Å². The maximum Gasteiger partial charge on any atom is 0.333 e. The SMILES string of the molecule is CC1=CCC(F)(Cn2cc(-c3cnn(C(F)F)c3)c3ncc(-c4c(C)noc4C)cc32)CC1. The molecule has 0 radical (unpaired) electrons. The van der Waals surface area contributed by atoms with Gasteiger partial charge in [-0.1, -0.05) is 16.8 Å². The van der Waals surface area contributed by atoms with Gasteiger partial charge in [-0.2, -0.15) is 13.9 Å². The number of pyridine rings is 1. The van der Waals surface area contributed by atoms with E-state index < -0.39 is 12.2 Å². The van der Waals surface area contributed by atoms with Gasteiger partial charge in [0.2, 0.25) is 0 Å². The zero-order valence-corrected chi connectivity index (χ0v) is 18.6. The smallest absolute Gasteiger partial charge is 0.333 e. The Labute approximate surface area is 188 Å². The molecule has 9 heteroatoms. The summed E-state index contributed by atoms with van der Waals surface area (Å²) in [4.78, 5) is 4.65. The number of aromatic nitrogens is 5. The van der Waals surface area contributed by atoms with Crippen molar-refractivity contribution < 1.29 is 17.7 Å². The summed E-state index contributed by atoms with van der Waals surface area (Å²) in [6.07, 6.45) is 9.60. The van der Waals surface area contributed by atoms with Crippen LogP contribution in [-0.4, -0.2) is 30.2 Å². The van der Waals surface area contributed by atoms with Crippen molar-refractivity contribution in [1.29, 1.82) is 0 Å². The first-order valence-electron chi connectivity index (χ1n) is 10.8. The largest absolute Gasteiger partial charge is 0.361 e. The van der Waals surface area contributed by atoms with Crippen LogP contribution in [0.3, 0.4) is 0 Å². The molecule has 4 aromatic rings. The summed E-state index contributed by atoms with van der Waals surface area (Å²) >= 11 is 0. The van der Waals surface area contributed by atoms with Crippen molar-refractivity contribution >= 4 is 11.0 Å². The Hall–Kier alpha value is -3.36. The molecule has 4 heterocycles. The van der Waals surface area contributed by atoms with E-state index in [1.807, 2.05) is 37.5 Å². The first kappa shape index (κ1) is 21.5. The molecule has 0 bridgehead atoms. The number of aryl methyl sites for hydroxylation is 2. The van der Waals surface area contributed by atoms with Crippen molar-refractivity contribution in [3.8, 4) is 22.3 Å². The van der Waals surface area contributed by atoms with E-state index in [1.165, 1.54) is 18.0 Å². The molecule has 1 aliphatic carbocycles. The molecule has 33 heavy (non-hydrogen) atoms. The zero-order valence-electron chi connectivity index (χ0n) is 18.6. The van der Waals surface area contributed by atoms with Gasteiger partial charge in [0.25, 0.3) is 0 Å². The van der Waals surface area contributed by atoms with E-state index in [-0.39, 0.29) is 6.54 Å². The van der Waals surface area contributed by atoms with Crippen molar-refractivity contribution in [3.63, 3.8) is 0 Å². The summed E-state index contributed by atoms with van der Waals surface area (Å²) in [5.74, 6) is 0.667. The molecule has 1 unspecified atom stereocenters. The van der Waals surface area contributed by atoms with E-state index in [0.717, 1.165) is 22.3 Å². The Morgan fingerprint density at radius 2 is 1.97 bits per heavy atom. The van der Waals surface area contributed by atoms with E-state index in [9.17, 15) is 8.78 Å². The highest BCUT2D eigenvalue weighted by atomic mass is 19.3. The number of rotatable bonds is 5. The highest BCUT2D eigenvalue weighted by molar-refractivity contribution is 5.94. The van der Waals surface area contributed by atoms with Gasteiger partial charge in [-0.05, 0) is 39.7 Å². The summed E-state index contributed by atoms with van der Waals surface area (Å²) in [5, 5.41) is 7.78. The second-order valence-electron chi connectivity index (χ2n) is 8.85. The van der Waals surface area contributed by atoms with Crippen LogP contribution in [0.15, 0.2) is 47.0 Å². The summed E-state index contributed by atoms with van der Waals surface area (Å²) in [6.45, 7) is 3.10. The average molecular weight is 455 g/mol. The predicted molar refractivity (Wildman–Crippen MR) is 119 cm³/mol. The number of allylic oxidation sites excluding steroid dienone is 2. The van der Waals surface area contributed by atoms with Crippen LogP contribution in [-0.2, 0) is 6.54 Å². The summed E-state index contributed by atoms with van der Waals surface area (Å²) < 4.78 is 49.7. The summed E-state index contributed by atoms with van der Waals surface area (Å²) in [6, 6.07) is 1.93. The van der Waals surface area contributed by atoms with E-state index in [4.69, 9.17) is 4.52 Å². The third-order valence-corrected chi connectivity index (χ3v) is 6.39. The lowest BCUT2D eigenvalue weighted by Gasteiger charge is -2.29. The van der Waals surface area contributed by atoms with Crippen LogP contribution in [0.25, 0.3) is 33.3 Å². The molecule has 0 aromatic carbocycles. The highest BCUT2D eigenvalue weighted by Gasteiger charge is 2.32. The lowest BCUT2D eigenvalue weighted by atomic mass is 9.87. The molecule has 5 rings (SSSR count). The molecule has 0 amide bonds. The molecule has 0 saturated carbocycles. The van der Waals surface area contributed by atoms with E-state index in [0.29, 0.717) is 46.3 Å². The van der Waals surface area contributed by atoms with Crippen LogP contribution in [0, 0.1) is 13.8 Å². The average Bonchev–Trinajstić information content (AvgIpc) is 3.48. The number of nitrogens with zero attached hydrogens (tertiary/aromatic N) is 5. The van der Waals surface area contributed by atoms with Gasteiger partial charge >= 0.3 is 6.55 Å². The first-order chi connectivity index (χ1) is 15.7. The van der Waals surface area contributed by atoms with Crippen molar-refractivity contribution in [3.05, 3.63) is 54.0 Å². The Balaban J connectivity index is 1.65. The predicted octanol–water partition coefficient (Wildman–Crippen LogP) is 6.41. The van der Waals surface area contributed by atoms with Crippen molar-refractivity contribution in [2.75, 3.05) is 0 Å². The molecule has 0 aliphatic heterocycles. The first-order valence-corrected chi connectivity index (χ1v) is 10.8. The van der Waals surface area contributed by atoms with Crippen LogP contribution >= 0.6 is 0 Å². The fraction of sp³-hybridized carbons (Fsp3) is 0.375. The highest BCUT2D eigenvalue weighted by Crippen LogP contribution is 2.38. The van der Waals surface area contributed by atoms with Crippen LogP contribution < -0.4 is 0 Å². The Morgan fingerprint density at radius 3 is 2.61 bits per heavy atom. The zero-order chi connectivity index (χ0) is 23.3. The Morgan fingerprint density at radius 1 is 1.15 bits per heavy atom. The normalized spacial score (nSPS) is 18.9. The van der Waals surface area contributed by atoms with Gasteiger partial charge in [0, 0.05) is 47.3 Å². The fourth-order valence-corrected chi connectivity index (χ4v) is 4.56. The third-order valence-electron chi connectivity index (χ3n) is 6.39. The van der Waals surface area contributed by atoms with Crippen molar-refractivity contribution in [2.24, 2.45) is 0 Å². The van der Waals surface area contributed by atoms with Gasteiger partial charge in [-0.25, -0.2) is 9.07 Å². The van der Waals surface area contributed by atoms with Gasteiger partial charge in [-0.15, -0.1) is 0 Å². The van der Waals surface area contributed by atoms with Gasteiger partial charge < -0.3 is 9.09 Å². The van der Waals surface area contributed by atoms with Crippen LogP contribution in [0.1, 0.15) is 44.2 Å². The van der Waals surface area contributed by atoms with E-state index in [2.05, 4.69) is 15.2 Å². The van der Waals surface area contributed by atoms with Crippen molar-refractivity contribution in [1.82, 2.24) is 24.5 Å². The van der Waals surface area contributed by atoms with Gasteiger partial charge in [0.1, 0.15) is 11.4 Å². The lowest BCUT2D eigenvalue weighted by molar-refractivity contribution is 0.0566. The van der Waals surface area contributed by atoms with Crippen LogP contribution in [0.2, 0.25) is 0 Å². The minimum atomic E-state index is -2.74. The molecular formula is C24H24F3N5O. The van der Waals surface area contributed by atoms with Crippen LogP contribution in [0.5, 0.6) is 0 Å². The number of hydrogen-bond acceptors (Lipinski definition) is 4. The Bertz CT molecular complexity index is 1350. The third kappa shape index (κ3) is 3.85. The summed E-state index contributed by atoms with van der Waals surface area (Å²) in [5.41, 5.74) is 4.65. The molecule has 0 spiro atoms. The van der Waals surface area contributed by atoms with E-state index in [1.54, 1.807) is 12.4 Å². The topological polar surface area (TPSA) is 61.7 Å². The summed E-state index contributed by atoms with van der Waals surface area (Å²) in [7, 11) is 0. The molecule has 0 fully saturated rings. The molecule has 1 aliphatic rings. The van der Waals surface area contributed by atoms with Gasteiger partial charge in [0.05, 0.1) is 29.5 Å². The number of halogens is 3. The van der Waals surface area contributed by atoms with Crippen LogP contribution in [0.4, 0.5) is 13.2 Å². The number of alkyl halides is 3. The molecule has 4 aromatic heterocycles. The Kier molecular flexibility index (Phi) is 5.14. The van der Waals surface area contributed by atoms with Gasteiger partial charge in [0.15, 0.2) is 0 Å². The van der Waals surface area contributed by atoms with E-state index >= 15 is 4.39 Å². The quantitative estimate of drug-likeness (QED) is 0.327. The minimum Gasteiger partial charge on any atom is -0.361 e. The standard InChI is InChI=1S/C24H24F3N5O/c1-14-4-6-24(27,7-5-14)13-31-12-19(18-10-29-32(11-18)23(25)26)22-20(31)8-17(9-28-22)21-15(2)30-33-16(21)3/h4,8-12,23H,5-7,13H2,1-3H3. The molecule has 1 atom stereocenters. The second-order valence-corrected chi connectivity index (χ2v) is 8.85. The number of fused-ring (bicyclic) bond motifs is 1.